The molecule has 0 saturated heterocycles. The van der Waals surface area contributed by atoms with Crippen molar-refractivity contribution < 1.29 is 80.2 Å². The van der Waals surface area contributed by atoms with Gasteiger partial charge in [-0.3, -0.25) is 37.3 Å². The molecule has 0 aliphatic rings. The van der Waals surface area contributed by atoms with Gasteiger partial charge >= 0.3 is 39.5 Å². The van der Waals surface area contributed by atoms with Gasteiger partial charge in [-0.05, 0) is 43.4 Å². The molecule has 0 fully saturated rings. The Morgan fingerprint density at radius 2 is 0.548 bits per heavy atom. The maximum absolute atomic E-state index is 13.0. The van der Waals surface area contributed by atoms with Gasteiger partial charge in [0, 0.05) is 25.7 Å². The number of hydrogen-bond donors (Lipinski definition) is 3. The van der Waals surface area contributed by atoms with E-state index >= 15 is 0 Å². The zero-order chi connectivity index (χ0) is 62.4. The number of aliphatic hydroxyl groups excluding tert-OH is 1. The van der Waals surface area contributed by atoms with E-state index in [2.05, 4.69) is 48.5 Å². The Labute approximate surface area is 511 Å². The molecule has 19 heteroatoms. The molecule has 0 amide bonds. The third kappa shape index (κ3) is 59.0. The second kappa shape index (κ2) is 56.3. The van der Waals surface area contributed by atoms with Gasteiger partial charge in [0.15, 0.2) is 12.2 Å². The fourth-order valence-electron chi connectivity index (χ4n) is 9.66. The normalized spacial score (nSPS) is 14.3. The van der Waals surface area contributed by atoms with Crippen molar-refractivity contribution in [1.82, 2.24) is 0 Å². The quantitative estimate of drug-likeness (QED) is 0.0222. The number of aliphatic hydroxyl groups is 1. The van der Waals surface area contributed by atoms with Crippen molar-refractivity contribution in [2.24, 2.45) is 17.8 Å². The lowest BCUT2D eigenvalue weighted by Gasteiger charge is -2.21. The van der Waals surface area contributed by atoms with E-state index < -0.39 is 97.5 Å². The predicted octanol–water partition coefficient (Wildman–Crippen LogP) is 17.9. The highest BCUT2D eigenvalue weighted by atomic mass is 31.2. The van der Waals surface area contributed by atoms with Crippen LogP contribution in [0.5, 0.6) is 0 Å². The third-order valence-electron chi connectivity index (χ3n) is 14.9. The van der Waals surface area contributed by atoms with Gasteiger partial charge in [0.25, 0.3) is 0 Å². The molecule has 0 saturated carbocycles. The van der Waals surface area contributed by atoms with E-state index in [0.717, 1.165) is 108 Å². The van der Waals surface area contributed by atoms with Crippen LogP contribution in [0.25, 0.3) is 0 Å². The summed E-state index contributed by atoms with van der Waals surface area (Å²) in [4.78, 5) is 72.2. The first kappa shape index (κ1) is 82.1. The van der Waals surface area contributed by atoms with E-state index in [-0.39, 0.29) is 25.7 Å². The minimum atomic E-state index is -4.95. The summed E-state index contributed by atoms with van der Waals surface area (Å²) in [5, 5.41) is 10.5. The van der Waals surface area contributed by atoms with Crippen molar-refractivity contribution in [2.45, 2.75) is 336 Å². The number of esters is 4. The Balaban J connectivity index is 5.23. The summed E-state index contributed by atoms with van der Waals surface area (Å²) in [6, 6.07) is 0. The van der Waals surface area contributed by atoms with Crippen molar-refractivity contribution in [1.29, 1.82) is 0 Å². The summed E-state index contributed by atoms with van der Waals surface area (Å²) < 4.78 is 68.0. The van der Waals surface area contributed by atoms with Crippen LogP contribution in [0.15, 0.2) is 0 Å². The summed E-state index contributed by atoms with van der Waals surface area (Å²) in [7, 11) is -9.89. The number of ether oxygens (including phenoxy) is 4. The van der Waals surface area contributed by atoms with Crippen LogP contribution in [0, 0.1) is 17.8 Å². The Kier molecular flexibility index (Phi) is 55.0. The van der Waals surface area contributed by atoms with Gasteiger partial charge in [-0.1, -0.05) is 267 Å². The maximum atomic E-state index is 13.0. The van der Waals surface area contributed by atoms with E-state index in [1.165, 1.54) is 122 Å². The van der Waals surface area contributed by atoms with Crippen LogP contribution in [0.3, 0.4) is 0 Å². The molecule has 0 aliphatic heterocycles. The Bertz CT molecular complexity index is 1660. The fraction of sp³-hybridized carbons (Fsp3) is 0.938. The lowest BCUT2D eigenvalue weighted by molar-refractivity contribution is -0.161. The zero-order valence-electron chi connectivity index (χ0n) is 54.4. The molecule has 0 aliphatic carbocycles. The van der Waals surface area contributed by atoms with E-state index in [9.17, 15) is 43.2 Å². The second-order valence-electron chi connectivity index (χ2n) is 24.9. The topological polar surface area (TPSA) is 237 Å². The molecule has 2 unspecified atom stereocenters. The Hall–Kier alpha value is -1.94. The van der Waals surface area contributed by atoms with Gasteiger partial charge in [0.05, 0.1) is 26.4 Å². The first-order valence-corrected chi connectivity index (χ1v) is 36.8. The monoisotopic (exact) mass is 1240 g/mol. The molecule has 3 N–H and O–H groups in total. The summed E-state index contributed by atoms with van der Waals surface area (Å²) >= 11 is 0. The number of unbranched alkanes of at least 4 members (excludes halogenated alkanes) is 31. The highest BCUT2D eigenvalue weighted by Crippen LogP contribution is 2.45. The van der Waals surface area contributed by atoms with Gasteiger partial charge in [0.1, 0.15) is 19.3 Å². The smallest absolute Gasteiger partial charge is 0.462 e. The fourth-order valence-corrected chi connectivity index (χ4v) is 11.2. The van der Waals surface area contributed by atoms with Gasteiger partial charge in [-0.2, -0.15) is 0 Å². The van der Waals surface area contributed by atoms with Crippen LogP contribution in [-0.2, 0) is 65.4 Å². The lowest BCUT2D eigenvalue weighted by atomic mass is 10.0. The minimum Gasteiger partial charge on any atom is -0.462 e. The summed E-state index contributed by atoms with van der Waals surface area (Å²) in [5.41, 5.74) is 0. The molecule has 0 heterocycles. The highest BCUT2D eigenvalue weighted by Gasteiger charge is 2.30. The average molecular weight is 1240 g/mol. The highest BCUT2D eigenvalue weighted by molar-refractivity contribution is 7.47. The maximum Gasteiger partial charge on any atom is 0.472 e. The number of carbonyl (C=O) groups is 4. The van der Waals surface area contributed by atoms with Crippen LogP contribution in [-0.4, -0.2) is 96.7 Å². The molecule has 0 spiro atoms. The van der Waals surface area contributed by atoms with Gasteiger partial charge in [-0.15, -0.1) is 0 Å². The van der Waals surface area contributed by atoms with E-state index in [1.807, 2.05) is 0 Å². The van der Waals surface area contributed by atoms with Crippen molar-refractivity contribution in [3.05, 3.63) is 0 Å². The number of phosphoric ester groups is 2. The lowest BCUT2D eigenvalue weighted by Crippen LogP contribution is -2.30. The van der Waals surface area contributed by atoms with Crippen molar-refractivity contribution >= 4 is 39.5 Å². The molecule has 0 aromatic heterocycles. The first-order chi connectivity index (χ1) is 40.2. The number of hydrogen-bond acceptors (Lipinski definition) is 15. The van der Waals surface area contributed by atoms with Crippen molar-refractivity contribution in [3.63, 3.8) is 0 Å². The zero-order valence-corrected chi connectivity index (χ0v) is 56.1. The van der Waals surface area contributed by atoms with Crippen LogP contribution in [0.4, 0.5) is 0 Å². The van der Waals surface area contributed by atoms with E-state index in [4.69, 9.17) is 37.0 Å². The average Bonchev–Trinajstić information content (AvgIpc) is 3.48. The molecule has 0 rings (SSSR count). The van der Waals surface area contributed by atoms with Crippen molar-refractivity contribution in [3.8, 4) is 0 Å². The first-order valence-electron chi connectivity index (χ1n) is 33.8. The van der Waals surface area contributed by atoms with Crippen LogP contribution >= 0.6 is 15.6 Å². The van der Waals surface area contributed by atoms with Crippen LogP contribution in [0.2, 0.25) is 0 Å². The summed E-state index contributed by atoms with van der Waals surface area (Å²) in [6.07, 6.45) is 37.7. The molecule has 498 valence electrons. The van der Waals surface area contributed by atoms with E-state index in [1.54, 1.807) is 0 Å². The number of carbonyl (C=O) groups excluding carboxylic acids is 4. The largest absolute Gasteiger partial charge is 0.472 e. The number of rotatable bonds is 63. The molecule has 0 radical (unpaired) electrons. The molecular weight excluding hydrogens is 1110 g/mol. The molecule has 0 bridgehead atoms. The molecule has 5 atom stereocenters. The summed E-state index contributed by atoms with van der Waals surface area (Å²) in [5.74, 6) is 0.0606. The molecule has 17 nitrogen and oxygen atoms in total. The molecule has 0 aromatic carbocycles. The Morgan fingerprint density at radius 3 is 0.810 bits per heavy atom. The predicted molar refractivity (Wildman–Crippen MR) is 335 cm³/mol. The molecular formula is C65H126O17P2. The van der Waals surface area contributed by atoms with Gasteiger partial charge in [-0.25, -0.2) is 9.13 Å². The molecule has 84 heavy (non-hydrogen) atoms. The third-order valence-corrected chi connectivity index (χ3v) is 16.8. The molecule has 0 aromatic rings. The van der Waals surface area contributed by atoms with Gasteiger partial charge < -0.3 is 33.8 Å². The summed E-state index contributed by atoms with van der Waals surface area (Å²) in [6.45, 7) is 11.7. The Morgan fingerprint density at radius 1 is 0.321 bits per heavy atom. The van der Waals surface area contributed by atoms with E-state index in [0.29, 0.717) is 31.6 Å². The standard InChI is InChI=1S/C65H126O17P2/c1-8-9-10-11-12-25-32-39-46-62(67)75-52-61(82-65(70)49-42-35-28-21-24-31-38-45-58(6)7)55-80-84(73,74)78-51-59(66)50-77-83(71,72)79-54-60(53-76-63(68)47-40-33-26-20-19-23-30-37-44-57(4)5)81-64(69)48-41-34-27-18-16-14-13-15-17-22-29-36-43-56(2)3/h56-61,66H,8-55H2,1-7H3,(H,71,72)(H,73,74)/t59-,60-,61-/m1/s1. The second-order valence-corrected chi connectivity index (χ2v) is 27.8. The van der Waals surface area contributed by atoms with Crippen LogP contribution in [0.1, 0.15) is 318 Å². The van der Waals surface area contributed by atoms with Crippen molar-refractivity contribution in [2.75, 3.05) is 39.6 Å². The number of phosphoric acid groups is 2. The van der Waals surface area contributed by atoms with Crippen LogP contribution < -0.4 is 0 Å². The SMILES string of the molecule is CCCCCCCCCCC(=O)OC[C@H](COP(=O)(O)OC[C@H](O)COP(=O)(O)OC[C@@H](COC(=O)CCCCCCCCCCC(C)C)OC(=O)CCCCCCCCCCCCCCC(C)C)OC(=O)CCCCCCCCCC(C)C. The minimum absolute atomic E-state index is 0.103. The van der Waals surface area contributed by atoms with Gasteiger partial charge in [0.2, 0.25) is 0 Å².